The van der Waals surface area contributed by atoms with Gasteiger partial charge in [0.15, 0.2) is 0 Å². The van der Waals surface area contributed by atoms with Crippen molar-refractivity contribution < 1.29 is 4.79 Å². The topological polar surface area (TPSA) is 56.1 Å². The first kappa shape index (κ1) is 20.5. The number of hydrogen-bond acceptors (Lipinski definition) is 3. The lowest BCUT2D eigenvalue weighted by Gasteiger charge is -2.26. The van der Waals surface area contributed by atoms with Crippen LogP contribution in [0.5, 0.6) is 0 Å². The summed E-state index contributed by atoms with van der Waals surface area (Å²) >= 11 is 6.14. The number of carbonyl (C=O) groups excluding carboxylic acids is 1. The van der Waals surface area contributed by atoms with Crippen LogP contribution in [0, 0.1) is 11.3 Å². The summed E-state index contributed by atoms with van der Waals surface area (Å²) in [6, 6.07) is 19.4. The van der Waals surface area contributed by atoms with Crippen LogP contribution in [0.25, 0.3) is 0 Å². The van der Waals surface area contributed by atoms with Crippen LogP contribution in [0.1, 0.15) is 25.0 Å². The second-order valence-corrected chi connectivity index (χ2v) is 6.88. The largest absolute Gasteiger partial charge is 0.389 e. The molecular weight excluding hydrogens is 358 g/mol. The van der Waals surface area contributed by atoms with Crippen molar-refractivity contribution in [2.24, 2.45) is 0 Å². The van der Waals surface area contributed by atoms with E-state index in [1.807, 2.05) is 74.5 Å². The number of carbonyl (C=O) groups is 1. The van der Waals surface area contributed by atoms with E-state index >= 15 is 0 Å². The normalized spacial score (nSPS) is 11.1. The fraction of sp³-hybridized carbons (Fsp3) is 0.273. The highest BCUT2D eigenvalue weighted by Gasteiger charge is 2.21. The smallest absolute Gasteiger partial charge is 0.266 e. The molecule has 0 saturated carbocycles. The quantitative estimate of drug-likeness (QED) is 0.421. The van der Waals surface area contributed by atoms with Crippen molar-refractivity contribution in [3.63, 3.8) is 0 Å². The van der Waals surface area contributed by atoms with Crippen LogP contribution in [0.15, 0.2) is 66.4 Å². The lowest BCUT2D eigenvalue weighted by atomic mass is 10.1. The number of hydrogen-bond donors (Lipinski definition) is 1. The highest BCUT2D eigenvalue weighted by atomic mass is 35.5. The van der Waals surface area contributed by atoms with Gasteiger partial charge < -0.3 is 10.2 Å². The Bertz CT molecular complexity index is 825. The predicted molar refractivity (Wildman–Crippen MR) is 109 cm³/mol. The maximum Gasteiger partial charge on any atom is 0.266 e. The number of nitriles is 1. The molecule has 0 spiro atoms. The monoisotopic (exact) mass is 381 g/mol. The third kappa shape index (κ3) is 6.16. The molecule has 0 heterocycles. The van der Waals surface area contributed by atoms with Crippen molar-refractivity contribution in [2.75, 3.05) is 6.54 Å². The molecule has 5 heteroatoms. The molecule has 0 aliphatic carbocycles. The summed E-state index contributed by atoms with van der Waals surface area (Å²) in [6.07, 6.45) is 2.21. The molecule has 0 radical (unpaired) electrons. The number of benzene rings is 2. The number of nitrogens with one attached hydrogen (secondary N) is 1. The van der Waals surface area contributed by atoms with Gasteiger partial charge in [0.2, 0.25) is 0 Å². The first-order chi connectivity index (χ1) is 13.0. The van der Waals surface area contributed by atoms with Crippen LogP contribution < -0.4 is 5.32 Å². The fourth-order valence-electron chi connectivity index (χ4n) is 2.65. The van der Waals surface area contributed by atoms with Crippen LogP contribution >= 0.6 is 11.6 Å². The minimum absolute atomic E-state index is 0.0161. The van der Waals surface area contributed by atoms with Crippen molar-refractivity contribution in [1.82, 2.24) is 10.2 Å². The molecule has 1 N–H and O–H groups in total. The van der Waals surface area contributed by atoms with E-state index in [0.717, 1.165) is 11.1 Å². The van der Waals surface area contributed by atoms with Crippen molar-refractivity contribution >= 4 is 17.5 Å². The number of halogens is 1. The van der Waals surface area contributed by atoms with Gasteiger partial charge in [0, 0.05) is 30.4 Å². The van der Waals surface area contributed by atoms with Gasteiger partial charge >= 0.3 is 0 Å². The van der Waals surface area contributed by atoms with Gasteiger partial charge in [0.05, 0.1) is 0 Å². The van der Waals surface area contributed by atoms with E-state index in [2.05, 4.69) is 5.32 Å². The summed E-state index contributed by atoms with van der Waals surface area (Å²) in [5.74, 6) is -0.276. The summed E-state index contributed by atoms with van der Waals surface area (Å²) in [5, 5.41) is 13.2. The molecular formula is C22H24ClN3O. The van der Waals surface area contributed by atoms with Crippen molar-refractivity contribution in [3.05, 3.63) is 82.5 Å². The highest BCUT2D eigenvalue weighted by Crippen LogP contribution is 2.15. The van der Waals surface area contributed by atoms with Crippen LogP contribution in [0.3, 0.4) is 0 Å². The van der Waals surface area contributed by atoms with Gasteiger partial charge in [-0.25, -0.2) is 0 Å². The van der Waals surface area contributed by atoms with E-state index in [9.17, 15) is 10.1 Å². The standard InChI is InChI=1S/C22H24ClN3O/c1-17(2)26(16-18-8-4-3-5-9-18)22(27)20(14-24)15-25-13-12-19-10-6-7-11-21(19)23/h3-11,15,17,25H,12-13,16H2,1-2H3/b20-15-. The summed E-state index contributed by atoms with van der Waals surface area (Å²) in [5.41, 5.74) is 2.15. The molecule has 0 aromatic heterocycles. The minimum Gasteiger partial charge on any atom is -0.389 e. The van der Waals surface area contributed by atoms with Gasteiger partial charge in [0.1, 0.15) is 11.6 Å². The zero-order valence-corrected chi connectivity index (χ0v) is 16.4. The van der Waals surface area contributed by atoms with Crippen molar-refractivity contribution in [2.45, 2.75) is 32.9 Å². The summed E-state index contributed by atoms with van der Waals surface area (Å²) in [4.78, 5) is 14.5. The molecule has 0 aliphatic rings. The van der Waals surface area contributed by atoms with Crippen LogP contribution in [-0.4, -0.2) is 23.4 Å². The molecule has 0 aliphatic heterocycles. The molecule has 27 heavy (non-hydrogen) atoms. The average Bonchev–Trinajstić information content (AvgIpc) is 2.67. The molecule has 2 aromatic carbocycles. The minimum atomic E-state index is -0.276. The Balaban J connectivity index is 2.00. The molecule has 0 atom stereocenters. The summed E-state index contributed by atoms with van der Waals surface area (Å²) in [7, 11) is 0. The van der Waals surface area contributed by atoms with Crippen molar-refractivity contribution in [1.29, 1.82) is 5.26 Å². The van der Waals surface area contributed by atoms with E-state index < -0.39 is 0 Å². The summed E-state index contributed by atoms with van der Waals surface area (Å²) < 4.78 is 0. The van der Waals surface area contributed by atoms with Gasteiger partial charge in [-0.1, -0.05) is 60.1 Å². The first-order valence-electron chi connectivity index (χ1n) is 8.95. The van der Waals surface area contributed by atoms with Gasteiger partial charge in [0.25, 0.3) is 5.91 Å². The third-order valence-corrected chi connectivity index (χ3v) is 4.54. The predicted octanol–water partition coefficient (Wildman–Crippen LogP) is 4.32. The molecule has 0 saturated heterocycles. The Hall–Kier alpha value is -2.77. The van der Waals surface area contributed by atoms with Crippen LogP contribution in [-0.2, 0) is 17.8 Å². The maximum absolute atomic E-state index is 12.8. The molecule has 0 fully saturated rings. The van der Waals surface area contributed by atoms with Crippen LogP contribution in [0.4, 0.5) is 0 Å². The van der Waals surface area contributed by atoms with Gasteiger partial charge in [-0.15, -0.1) is 0 Å². The van der Waals surface area contributed by atoms with Gasteiger partial charge in [-0.2, -0.15) is 5.26 Å². The second-order valence-electron chi connectivity index (χ2n) is 6.48. The van der Waals surface area contributed by atoms with E-state index in [1.165, 1.54) is 6.20 Å². The SMILES string of the molecule is CC(C)N(Cc1ccccc1)C(=O)/C(C#N)=C\NCCc1ccccc1Cl. The van der Waals surface area contributed by atoms with E-state index in [4.69, 9.17) is 11.6 Å². The number of amides is 1. The number of rotatable bonds is 8. The number of nitrogens with zero attached hydrogens (tertiary/aromatic N) is 2. The molecule has 140 valence electrons. The van der Waals surface area contributed by atoms with Gasteiger partial charge in [-0.3, -0.25) is 4.79 Å². The van der Waals surface area contributed by atoms with E-state index in [1.54, 1.807) is 4.90 Å². The molecule has 0 unspecified atom stereocenters. The maximum atomic E-state index is 12.8. The lowest BCUT2D eigenvalue weighted by Crippen LogP contribution is -2.37. The third-order valence-electron chi connectivity index (χ3n) is 4.17. The Labute approximate surface area is 166 Å². The molecule has 2 aromatic rings. The van der Waals surface area contributed by atoms with Crippen molar-refractivity contribution in [3.8, 4) is 6.07 Å². The van der Waals surface area contributed by atoms with Crippen LogP contribution in [0.2, 0.25) is 5.02 Å². The summed E-state index contributed by atoms with van der Waals surface area (Å²) in [6.45, 7) is 4.94. The second kappa shape index (κ2) is 10.4. The Morgan fingerprint density at radius 2 is 1.85 bits per heavy atom. The molecule has 4 nitrogen and oxygen atoms in total. The Kier molecular flexibility index (Phi) is 7.91. The first-order valence-corrected chi connectivity index (χ1v) is 9.32. The van der Waals surface area contributed by atoms with E-state index in [-0.39, 0.29) is 17.5 Å². The zero-order valence-electron chi connectivity index (χ0n) is 15.7. The fourth-order valence-corrected chi connectivity index (χ4v) is 2.88. The Morgan fingerprint density at radius 3 is 2.48 bits per heavy atom. The van der Waals surface area contributed by atoms with Gasteiger partial charge in [-0.05, 0) is 37.5 Å². The molecule has 2 rings (SSSR count). The molecule has 0 bridgehead atoms. The highest BCUT2D eigenvalue weighted by molar-refractivity contribution is 6.31. The molecule has 1 amide bonds. The average molecular weight is 382 g/mol. The Morgan fingerprint density at radius 1 is 1.19 bits per heavy atom. The lowest BCUT2D eigenvalue weighted by molar-refractivity contribution is -0.129. The van der Waals surface area contributed by atoms with E-state index in [0.29, 0.717) is 24.5 Å². The zero-order chi connectivity index (χ0) is 19.6.